The average Bonchev–Trinajstić information content (AvgIpc) is 2.35. The largest absolute Gasteiger partial charge is 0.398 e. The Morgan fingerprint density at radius 3 is 2.47 bits per heavy atom. The van der Waals surface area contributed by atoms with Gasteiger partial charge in [0.2, 0.25) is 5.91 Å². The Labute approximate surface area is 123 Å². The Bertz CT molecular complexity index is 412. The maximum absolute atomic E-state index is 12.0. The molecular weight excluding hydrogens is 306 g/mol. The highest BCUT2D eigenvalue weighted by Gasteiger charge is 2.14. The van der Waals surface area contributed by atoms with Crippen LogP contribution in [0.4, 0.5) is 5.69 Å². The molecule has 1 aromatic rings. The number of nitrogens with zero attached hydrogens (tertiary/aromatic N) is 2. The zero-order valence-electron chi connectivity index (χ0n) is 11.8. The highest BCUT2D eigenvalue weighted by atomic mass is 79.9. The van der Waals surface area contributed by atoms with E-state index in [1.165, 1.54) is 0 Å². The minimum atomic E-state index is 0.151. The molecule has 4 nitrogen and oxygen atoms in total. The molecule has 0 saturated heterocycles. The number of halogens is 1. The summed E-state index contributed by atoms with van der Waals surface area (Å²) in [6, 6.07) is 5.75. The summed E-state index contributed by atoms with van der Waals surface area (Å²) in [6.07, 6.45) is 0. The normalized spacial score (nSPS) is 10.8. The van der Waals surface area contributed by atoms with Crippen LogP contribution in [0.1, 0.15) is 19.4 Å². The van der Waals surface area contributed by atoms with Crippen molar-refractivity contribution in [3.63, 3.8) is 0 Å². The first-order chi connectivity index (χ1) is 8.99. The van der Waals surface area contributed by atoms with Gasteiger partial charge in [-0.3, -0.25) is 9.69 Å². The van der Waals surface area contributed by atoms with E-state index in [4.69, 9.17) is 5.73 Å². The fourth-order valence-electron chi connectivity index (χ4n) is 1.98. The van der Waals surface area contributed by atoms with Crippen LogP contribution >= 0.6 is 15.9 Å². The zero-order chi connectivity index (χ0) is 14.4. The van der Waals surface area contributed by atoms with Crippen molar-refractivity contribution >= 4 is 27.5 Å². The number of hydrogen-bond donors (Lipinski definition) is 1. The number of benzene rings is 1. The summed E-state index contributed by atoms with van der Waals surface area (Å²) in [5.74, 6) is 0.151. The summed E-state index contributed by atoms with van der Waals surface area (Å²) in [5.41, 5.74) is 7.73. The molecule has 1 rings (SSSR count). The number of hydrogen-bond acceptors (Lipinski definition) is 3. The lowest BCUT2D eigenvalue weighted by Gasteiger charge is -2.23. The molecule has 0 atom stereocenters. The summed E-state index contributed by atoms with van der Waals surface area (Å²) in [6.45, 7) is 6.55. The van der Waals surface area contributed by atoms with E-state index >= 15 is 0 Å². The van der Waals surface area contributed by atoms with Crippen molar-refractivity contribution in [2.45, 2.75) is 20.4 Å². The van der Waals surface area contributed by atoms with Gasteiger partial charge in [0.1, 0.15) is 0 Å². The molecule has 0 fully saturated rings. The molecule has 0 unspecified atom stereocenters. The topological polar surface area (TPSA) is 49.6 Å². The van der Waals surface area contributed by atoms with Crippen LogP contribution in [0.25, 0.3) is 0 Å². The minimum Gasteiger partial charge on any atom is -0.398 e. The third kappa shape index (κ3) is 4.51. The lowest BCUT2D eigenvalue weighted by molar-refractivity contribution is -0.131. The van der Waals surface area contributed by atoms with Crippen molar-refractivity contribution < 1.29 is 4.79 Å². The molecule has 19 heavy (non-hydrogen) atoms. The monoisotopic (exact) mass is 327 g/mol. The van der Waals surface area contributed by atoms with Crippen molar-refractivity contribution in [2.75, 3.05) is 32.4 Å². The highest BCUT2D eigenvalue weighted by molar-refractivity contribution is 9.10. The molecule has 1 amide bonds. The molecule has 0 aliphatic heterocycles. The van der Waals surface area contributed by atoms with Crippen LogP contribution < -0.4 is 5.73 Å². The number of likely N-dealkylation sites (N-methyl/N-ethyl adjacent to an activating group) is 2. The van der Waals surface area contributed by atoms with Crippen LogP contribution in [0.5, 0.6) is 0 Å². The van der Waals surface area contributed by atoms with Gasteiger partial charge >= 0.3 is 0 Å². The van der Waals surface area contributed by atoms with E-state index in [1.807, 2.05) is 48.9 Å². The van der Waals surface area contributed by atoms with Gasteiger partial charge in [-0.05, 0) is 33.0 Å². The Balaban J connectivity index is 2.65. The second kappa shape index (κ2) is 7.50. The van der Waals surface area contributed by atoms with Gasteiger partial charge in [0.15, 0.2) is 0 Å². The highest BCUT2D eigenvalue weighted by Crippen LogP contribution is 2.23. The van der Waals surface area contributed by atoms with E-state index in [2.05, 4.69) is 15.9 Å². The van der Waals surface area contributed by atoms with Crippen molar-refractivity contribution in [2.24, 2.45) is 0 Å². The number of amides is 1. The summed E-state index contributed by atoms with van der Waals surface area (Å²) in [4.78, 5) is 15.8. The van der Waals surface area contributed by atoms with E-state index < -0.39 is 0 Å². The van der Waals surface area contributed by atoms with Crippen LogP contribution in [0.2, 0.25) is 0 Å². The van der Waals surface area contributed by atoms with Gasteiger partial charge in [-0.1, -0.05) is 22.0 Å². The van der Waals surface area contributed by atoms with E-state index in [0.717, 1.165) is 28.8 Å². The predicted molar refractivity (Wildman–Crippen MR) is 82.8 cm³/mol. The van der Waals surface area contributed by atoms with Crippen molar-refractivity contribution in [1.82, 2.24) is 9.80 Å². The van der Waals surface area contributed by atoms with Gasteiger partial charge in [-0.15, -0.1) is 0 Å². The Kier molecular flexibility index (Phi) is 6.31. The lowest BCUT2D eigenvalue weighted by Crippen LogP contribution is -2.38. The molecule has 106 valence electrons. The predicted octanol–water partition coefficient (Wildman–Crippen LogP) is 2.33. The molecule has 0 aromatic heterocycles. The maximum Gasteiger partial charge on any atom is 0.236 e. The summed E-state index contributed by atoms with van der Waals surface area (Å²) in [5, 5.41) is 0. The van der Waals surface area contributed by atoms with E-state index in [1.54, 1.807) is 0 Å². The van der Waals surface area contributed by atoms with Crippen LogP contribution in [-0.2, 0) is 11.3 Å². The first-order valence-electron chi connectivity index (χ1n) is 6.48. The average molecular weight is 328 g/mol. The Hall–Kier alpha value is -1.07. The second-order valence-corrected chi connectivity index (χ2v) is 5.40. The van der Waals surface area contributed by atoms with Gasteiger partial charge in [0.25, 0.3) is 0 Å². The lowest BCUT2D eigenvalue weighted by atomic mass is 10.1. The molecule has 0 spiro atoms. The van der Waals surface area contributed by atoms with Crippen LogP contribution in [0, 0.1) is 0 Å². The Morgan fingerprint density at radius 1 is 1.32 bits per heavy atom. The van der Waals surface area contributed by atoms with Crippen molar-refractivity contribution in [3.05, 3.63) is 28.2 Å². The number of carbonyl (C=O) groups is 1. The zero-order valence-corrected chi connectivity index (χ0v) is 13.4. The third-order valence-electron chi connectivity index (χ3n) is 3.10. The SMILES string of the molecule is CCN(CC)C(=O)CN(C)Cc1c(N)cccc1Br. The van der Waals surface area contributed by atoms with Gasteiger partial charge in [-0.2, -0.15) is 0 Å². The van der Waals surface area contributed by atoms with E-state index in [9.17, 15) is 4.79 Å². The summed E-state index contributed by atoms with van der Waals surface area (Å²) >= 11 is 3.50. The van der Waals surface area contributed by atoms with Gasteiger partial charge in [0.05, 0.1) is 6.54 Å². The molecule has 5 heteroatoms. The van der Waals surface area contributed by atoms with Gasteiger partial charge < -0.3 is 10.6 Å². The van der Waals surface area contributed by atoms with Crippen LogP contribution in [0.15, 0.2) is 22.7 Å². The minimum absolute atomic E-state index is 0.151. The quantitative estimate of drug-likeness (QED) is 0.816. The number of carbonyl (C=O) groups excluding carboxylic acids is 1. The molecule has 2 N–H and O–H groups in total. The number of nitrogen functional groups attached to an aromatic ring is 1. The summed E-state index contributed by atoms with van der Waals surface area (Å²) < 4.78 is 0.981. The standard InChI is InChI=1S/C14H22BrN3O/c1-4-18(5-2)14(19)10-17(3)9-11-12(15)7-6-8-13(11)16/h6-8H,4-5,9-10,16H2,1-3H3. The van der Waals surface area contributed by atoms with Gasteiger partial charge in [-0.25, -0.2) is 0 Å². The molecule has 0 bridgehead atoms. The maximum atomic E-state index is 12.0. The number of nitrogens with two attached hydrogens (primary N) is 1. The first-order valence-corrected chi connectivity index (χ1v) is 7.28. The molecule has 0 saturated carbocycles. The fraction of sp³-hybridized carbons (Fsp3) is 0.500. The molecule has 0 aliphatic carbocycles. The molecule has 0 heterocycles. The Morgan fingerprint density at radius 2 is 1.95 bits per heavy atom. The smallest absolute Gasteiger partial charge is 0.236 e. The summed E-state index contributed by atoms with van der Waals surface area (Å²) in [7, 11) is 1.93. The fourth-order valence-corrected chi connectivity index (χ4v) is 2.48. The van der Waals surface area contributed by atoms with Crippen molar-refractivity contribution in [3.8, 4) is 0 Å². The first kappa shape index (κ1) is 16.0. The van der Waals surface area contributed by atoms with E-state index in [-0.39, 0.29) is 5.91 Å². The third-order valence-corrected chi connectivity index (χ3v) is 3.85. The van der Waals surface area contributed by atoms with Crippen LogP contribution in [0.3, 0.4) is 0 Å². The van der Waals surface area contributed by atoms with Crippen molar-refractivity contribution in [1.29, 1.82) is 0 Å². The second-order valence-electron chi connectivity index (χ2n) is 4.55. The van der Waals surface area contributed by atoms with E-state index in [0.29, 0.717) is 13.1 Å². The van der Waals surface area contributed by atoms with Gasteiger partial charge in [0, 0.05) is 35.4 Å². The molecule has 0 aliphatic rings. The molecular formula is C14H22BrN3O. The number of rotatable bonds is 6. The van der Waals surface area contributed by atoms with Crippen LogP contribution in [-0.4, -0.2) is 42.4 Å². The molecule has 1 aromatic carbocycles. The number of anilines is 1. The molecule has 0 radical (unpaired) electrons.